The highest BCUT2D eigenvalue weighted by molar-refractivity contribution is 6.30. The molecule has 1 aromatic carbocycles. The molecule has 1 heterocycles. The summed E-state index contributed by atoms with van der Waals surface area (Å²) in [6.45, 7) is 5.34. The zero-order valence-electron chi connectivity index (χ0n) is 14.6. The third-order valence-corrected chi connectivity index (χ3v) is 5.04. The number of nitrogens with zero attached hydrogens (tertiary/aromatic N) is 1. The van der Waals surface area contributed by atoms with Crippen molar-refractivity contribution in [3.05, 3.63) is 34.9 Å². The lowest BCUT2D eigenvalue weighted by Crippen LogP contribution is -2.48. The number of rotatable bonds is 7. The number of amides is 2. The van der Waals surface area contributed by atoms with Gasteiger partial charge in [0.25, 0.3) is 0 Å². The van der Waals surface area contributed by atoms with Gasteiger partial charge in [-0.05, 0) is 43.4 Å². The lowest BCUT2D eigenvalue weighted by Gasteiger charge is -2.32. The summed E-state index contributed by atoms with van der Waals surface area (Å²) in [5.41, 5.74) is 1.15. The molecule has 0 unspecified atom stereocenters. The van der Waals surface area contributed by atoms with Crippen LogP contribution in [0, 0.1) is 5.92 Å². The minimum Gasteiger partial charge on any atom is -0.353 e. The Kier molecular flexibility index (Phi) is 7.10. The number of halogens is 1. The molecular formula is C19H27ClN2O2. The molecule has 132 valence electrons. The predicted molar refractivity (Wildman–Crippen MR) is 97.0 cm³/mol. The van der Waals surface area contributed by atoms with E-state index >= 15 is 0 Å². The fourth-order valence-corrected chi connectivity index (χ4v) is 3.20. The van der Waals surface area contributed by atoms with E-state index in [-0.39, 0.29) is 23.8 Å². The van der Waals surface area contributed by atoms with Crippen molar-refractivity contribution >= 4 is 23.4 Å². The second kappa shape index (κ2) is 9.07. The number of nitrogens with one attached hydrogen (secondary N) is 1. The fraction of sp³-hybridized carbons (Fsp3) is 0.579. The van der Waals surface area contributed by atoms with Crippen LogP contribution in [0.25, 0.3) is 0 Å². The highest BCUT2D eigenvalue weighted by Crippen LogP contribution is 2.19. The average molecular weight is 351 g/mol. The molecule has 0 bridgehead atoms. The monoisotopic (exact) mass is 350 g/mol. The minimum atomic E-state index is -0.0893. The lowest BCUT2D eigenvalue weighted by atomic mass is 9.95. The Hall–Kier alpha value is -1.55. The lowest BCUT2D eigenvalue weighted by molar-refractivity contribution is -0.138. The van der Waals surface area contributed by atoms with Gasteiger partial charge in [0, 0.05) is 30.6 Å². The summed E-state index contributed by atoms with van der Waals surface area (Å²) in [5.74, 6) is 0.150. The van der Waals surface area contributed by atoms with E-state index in [9.17, 15) is 9.59 Å². The first-order valence-corrected chi connectivity index (χ1v) is 9.23. The largest absolute Gasteiger partial charge is 0.353 e. The summed E-state index contributed by atoms with van der Waals surface area (Å²) >= 11 is 5.89. The van der Waals surface area contributed by atoms with Gasteiger partial charge >= 0.3 is 0 Å². The molecule has 1 aromatic rings. The van der Waals surface area contributed by atoms with Crippen molar-refractivity contribution in [1.29, 1.82) is 0 Å². The van der Waals surface area contributed by atoms with Crippen LogP contribution in [0.4, 0.5) is 0 Å². The van der Waals surface area contributed by atoms with Crippen LogP contribution in [0.3, 0.4) is 0 Å². The van der Waals surface area contributed by atoms with E-state index in [1.807, 2.05) is 29.2 Å². The van der Waals surface area contributed by atoms with Crippen LogP contribution < -0.4 is 5.32 Å². The quantitative estimate of drug-likeness (QED) is 0.819. The van der Waals surface area contributed by atoms with Gasteiger partial charge in [0.15, 0.2) is 0 Å². The van der Waals surface area contributed by atoms with Crippen molar-refractivity contribution in [2.45, 2.75) is 52.0 Å². The van der Waals surface area contributed by atoms with E-state index in [1.54, 1.807) is 0 Å². The van der Waals surface area contributed by atoms with E-state index < -0.39 is 0 Å². The van der Waals surface area contributed by atoms with Gasteiger partial charge in [-0.2, -0.15) is 0 Å². The van der Waals surface area contributed by atoms with E-state index in [0.29, 0.717) is 31.0 Å². The Morgan fingerprint density at radius 1 is 1.29 bits per heavy atom. The van der Waals surface area contributed by atoms with Gasteiger partial charge in [-0.3, -0.25) is 9.59 Å². The molecule has 1 fully saturated rings. The van der Waals surface area contributed by atoms with Gasteiger partial charge in [-0.15, -0.1) is 0 Å². The first kappa shape index (κ1) is 18.8. The maximum absolute atomic E-state index is 12.4. The van der Waals surface area contributed by atoms with Crippen molar-refractivity contribution in [3.8, 4) is 0 Å². The maximum Gasteiger partial charge on any atom is 0.225 e. The third kappa shape index (κ3) is 5.23. The molecule has 1 aliphatic rings. The second-order valence-electron chi connectivity index (χ2n) is 6.47. The van der Waals surface area contributed by atoms with Gasteiger partial charge in [0.05, 0.1) is 5.92 Å². The van der Waals surface area contributed by atoms with E-state index in [4.69, 9.17) is 11.6 Å². The summed E-state index contributed by atoms with van der Waals surface area (Å²) in [7, 11) is 0. The molecule has 0 aromatic heterocycles. The minimum absolute atomic E-state index is 0.0893. The Balaban J connectivity index is 1.89. The molecule has 5 heteroatoms. The number of likely N-dealkylation sites (tertiary alicyclic amines) is 1. The number of hydrogen-bond donors (Lipinski definition) is 1. The summed E-state index contributed by atoms with van der Waals surface area (Å²) in [5, 5.41) is 3.82. The topological polar surface area (TPSA) is 49.4 Å². The van der Waals surface area contributed by atoms with E-state index in [1.165, 1.54) is 0 Å². The molecule has 2 rings (SSSR count). The zero-order chi connectivity index (χ0) is 17.5. The summed E-state index contributed by atoms with van der Waals surface area (Å²) in [6, 6.07) is 7.92. The van der Waals surface area contributed by atoms with Crippen LogP contribution in [0.5, 0.6) is 0 Å². The van der Waals surface area contributed by atoms with Crippen molar-refractivity contribution in [2.75, 3.05) is 13.1 Å². The van der Waals surface area contributed by atoms with E-state index in [2.05, 4.69) is 19.2 Å². The van der Waals surface area contributed by atoms with Crippen molar-refractivity contribution < 1.29 is 9.59 Å². The summed E-state index contributed by atoms with van der Waals surface area (Å²) < 4.78 is 0. The van der Waals surface area contributed by atoms with Crippen LogP contribution >= 0.6 is 11.6 Å². The molecule has 0 spiro atoms. The molecule has 0 saturated carbocycles. The fourth-order valence-electron chi connectivity index (χ4n) is 3.07. The van der Waals surface area contributed by atoms with Gasteiger partial charge in [-0.1, -0.05) is 37.6 Å². The number of benzene rings is 1. The Bertz CT molecular complexity index is 555. The van der Waals surface area contributed by atoms with Gasteiger partial charge < -0.3 is 10.2 Å². The van der Waals surface area contributed by atoms with Crippen LogP contribution in [-0.2, 0) is 16.0 Å². The molecule has 24 heavy (non-hydrogen) atoms. The standard InChI is InChI=1S/C19H27ClN2O2/c1-3-17(4-2)21-19(24)15-7-10-18(23)22(13-15)12-11-14-5-8-16(20)9-6-14/h5-6,8-9,15,17H,3-4,7,10-13H2,1-2H3,(H,21,24)/t15-/m0/s1. The molecule has 2 amide bonds. The van der Waals surface area contributed by atoms with Crippen LogP contribution in [0.2, 0.25) is 5.02 Å². The van der Waals surface area contributed by atoms with Gasteiger partial charge in [0.1, 0.15) is 0 Å². The van der Waals surface area contributed by atoms with Gasteiger partial charge in [0.2, 0.25) is 11.8 Å². The van der Waals surface area contributed by atoms with Crippen molar-refractivity contribution in [3.63, 3.8) is 0 Å². The number of carbonyl (C=O) groups excluding carboxylic acids is 2. The molecule has 0 aliphatic carbocycles. The third-order valence-electron chi connectivity index (χ3n) is 4.79. The van der Waals surface area contributed by atoms with Crippen molar-refractivity contribution in [1.82, 2.24) is 10.2 Å². The predicted octanol–water partition coefficient (Wildman–Crippen LogP) is 3.43. The SMILES string of the molecule is CCC(CC)NC(=O)[C@H]1CCC(=O)N(CCc2ccc(Cl)cc2)C1. The number of piperidine rings is 1. The molecule has 1 aliphatic heterocycles. The average Bonchev–Trinajstić information content (AvgIpc) is 2.60. The molecule has 4 nitrogen and oxygen atoms in total. The van der Waals surface area contributed by atoms with Crippen LogP contribution in [0.1, 0.15) is 45.1 Å². The first-order valence-electron chi connectivity index (χ1n) is 8.86. The summed E-state index contributed by atoms with van der Waals surface area (Å²) in [4.78, 5) is 26.4. The molecular weight excluding hydrogens is 324 g/mol. The Morgan fingerprint density at radius 2 is 1.96 bits per heavy atom. The first-order chi connectivity index (χ1) is 11.5. The molecule has 1 atom stereocenters. The van der Waals surface area contributed by atoms with Crippen molar-refractivity contribution in [2.24, 2.45) is 5.92 Å². The molecule has 1 N–H and O–H groups in total. The van der Waals surface area contributed by atoms with Crippen LogP contribution in [-0.4, -0.2) is 35.8 Å². The highest BCUT2D eigenvalue weighted by Gasteiger charge is 2.30. The normalized spacial score (nSPS) is 18.1. The molecule has 1 saturated heterocycles. The smallest absolute Gasteiger partial charge is 0.225 e. The number of hydrogen-bond acceptors (Lipinski definition) is 2. The Morgan fingerprint density at radius 3 is 2.58 bits per heavy atom. The second-order valence-corrected chi connectivity index (χ2v) is 6.91. The zero-order valence-corrected chi connectivity index (χ0v) is 15.3. The number of carbonyl (C=O) groups is 2. The summed E-state index contributed by atoms with van der Waals surface area (Å²) in [6.07, 6.45) is 3.77. The maximum atomic E-state index is 12.4. The van der Waals surface area contributed by atoms with E-state index in [0.717, 1.165) is 24.8 Å². The Labute approximate surface area is 149 Å². The highest BCUT2D eigenvalue weighted by atomic mass is 35.5. The van der Waals surface area contributed by atoms with Crippen LogP contribution in [0.15, 0.2) is 24.3 Å². The molecule has 0 radical (unpaired) electrons. The van der Waals surface area contributed by atoms with Gasteiger partial charge in [-0.25, -0.2) is 0 Å².